The van der Waals surface area contributed by atoms with Crippen LogP contribution < -0.4 is 15.6 Å². The van der Waals surface area contributed by atoms with Gasteiger partial charge in [-0.3, -0.25) is 25.2 Å². The van der Waals surface area contributed by atoms with Crippen molar-refractivity contribution in [2.75, 3.05) is 0 Å². The molecule has 0 heterocycles. The molecule has 8 heteroatoms. The van der Waals surface area contributed by atoms with Gasteiger partial charge in [-0.15, -0.1) is 0 Å². The molecular weight excluding hydrogens is 358 g/mol. The summed E-state index contributed by atoms with van der Waals surface area (Å²) in [7, 11) is 0. The summed E-state index contributed by atoms with van der Waals surface area (Å²) < 4.78 is 31.0. The zero-order chi connectivity index (χ0) is 19.8. The van der Waals surface area contributed by atoms with Crippen LogP contribution in [-0.2, 0) is 9.59 Å². The van der Waals surface area contributed by atoms with Gasteiger partial charge in [0.1, 0.15) is 17.4 Å². The highest BCUT2D eigenvalue weighted by Gasteiger charge is 2.16. The van der Waals surface area contributed by atoms with Crippen molar-refractivity contribution in [2.24, 2.45) is 0 Å². The van der Waals surface area contributed by atoms with E-state index in [0.29, 0.717) is 11.3 Å². The van der Waals surface area contributed by atoms with E-state index in [1.807, 2.05) is 0 Å². The number of halogens is 2. The Morgan fingerprint density at radius 3 is 2.04 bits per heavy atom. The van der Waals surface area contributed by atoms with Gasteiger partial charge in [-0.25, -0.2) is 8.78 Å². The van der Waals surface area contributed by atoms with Crippen LogP contribution in [0.15, 0.2) is 48.5 Å². The largest absolute Gasteiger partial charge is 0.481 e. The van der Waals surface area contributed by atoms with Crippen LogP contribution in [0.5, 0.6) is 5.75 Å². The van der Waals surface area contributed by atoms with E-state index in [-0.39, 0.29) is 18.6 Å². The van der Waals surface area contributed by atoms with E-state index in [0.717, 1.165) is 12.1 Å². The Balaban J connectivity index is 1.72. The Hall–Kier alpha value is -3.29. The molecule has 2 amide bonds. The number of Topliss-reactive ketones (excluding diaryl/α,β-unsaturated/α-hetero) is 1. The molecule has 1 atom stereocenters. The van der Waals surface area contributed by atoms with Gasteiger partial charge in [-0.1, -0.05) is 0 Å². The third-order valence-corrected chi connectivity index (χ3v) is 3.57. The zero-order valence-electron chi connectivity index (χ0n) is 14.5. The van der Waals surface area contributed by atoms with E-state index >= 15 is 0 Å². The van der Waals surface area contributed by atoms with Gasteiger partial charge < -0.3 is 4.74 Å². The monoisotopic (exact) mass is 376 g/mol. The quantitative estimate of drug-likeness (QED) is 0.575. The lowest BCUT2D eigenvalue weighted by Gasteiger charge is -2.15. The molecule has 0 spiro atoms. The van der Waals surface area contributed by atoms with Crippen molar-refractivity contribution < 1.29 is 27.9 Å². The summed E-state index contributed by atoms with van der Waals surface area (Å²) in [6.07, 6.45) is -1.17. The van der Waals surface area contributed by atoms with Crippen molar-refractivity contribution in [3.8, 4) is 5.75 Å². The number of hydrazine groups is 1. The van der Waals surface area contributed by atoms with Crippen molar-refractivity contribution in [2.45, 2.75) is 25.9 Å². The number of amides is 2. The molecule has 0 saturated carbocycles. The van der Waals surface area contributed by atoms with Gasteiger partial charge in [-0.2, -0.15) is 0 Å². The predicted molar refractivity (Wildman–Crippen MR) is 92.7 cm³/mol. The molecule has 2 N–H and O–H groups in total. The van der Waals surface area contributed by atoms with Crippen molar-refractivity contribution in [3.63, 3.8) is 0 Å². The van der Waals surface area contributed by atoms with Crippen LogP contribution in [0.4, 0.5) is 8.78 Å². The second-order valence-electron chi connectivity index (χ2n) is 5.68. The molecule has 0 aliphatic heterocycles. The fourth-order valence-corrected chi connectivity index (χ4v) is 2.07. The second kappa shape index (κ2) is 9.42. The summed E-state index contributed by atoms with van der Waals surface area (Å²) >= 11 is 0. The molecule has 2 aromatic carbocycles. The number of carbonyl (C=O) groups is 3. The first-order valence-electron chi connectivity index (χ1n) is 8.15. The van der Waals surface area contributed by atoms with Gasteiger partial charge in [0.05, 0.1) is 0 Å². The average molecular weight is 376 g/mol. The molecule has 2 rings (SSSR count). The molecule has 6 nitrogen and oxygen atoms in total. The average Bonchev–Trinajstić information content (AvgIpc) is 2.66. The summed E-state index contributed by atoms with van der Waals surface area (Å²) in [5, 5.41) is 0. The fraction of sp³-hybridized carbons (Fsp3) is 0.211. The Kier molecular flexibility index (Phi) is 6.99. The molecule has 0 bridgehead atoms. The summed E-state index contributed by atoms with van der Waals surface area (Å²) in [6, 6.07) is 10.1. The third kappa shape index (κ3) is 6.50. The van der Waals surface area contributed by atoms with Gasteiger partial charge in [0.2, 0.25) is 5.91 Å². The number of carbonyl (C=O) groups excluding carboxylic acids is 3. The highest BCUT2D eigenvalue weighted by atomic mass is 19.1. The molecular formula is C19H18F2N2O4. The predicted octanol–water partition coefficient (Wildman–Crippen LogP) is 2.54. The smallest absolute Gasteiger partial charge is 0.279 e. The highest BCUT2D eigenvalue weighted by Crippen LogP contribution is 2.13. The normalized spacial score (nSPS) is 11.4. The van der Waals surface area contributed by atoms with Gasteiger partial charge in [0.15, 0.2) is 11.9 Å². The van der Waals surface area contributed by atoms with E-state index in [2.05, 4.69) is 10.9 Å². The lowest BCUT2D eigenvalue weighted by molar-refractivity contribution is -0.132. The molecule has 0 radical (unpaired) electrons. The van der Waals surface area contributed by atoms with Gasteiger partial charge in [-0.05, 0) is 55.5 Å². The fourth-order valence-electron chi connectivity index (χ4n) is 2.07. The summed E-state index contributed by atoms with van der Waals surface area (Å²) in [5.74, 6) is -2.07. The maximum atomic E-state index is 12.8. The Morgan fingerprint density at radius 2 is 1.44 bits per heavy atom. The molecule has 1 unspecified atom stereocenters. The Bertz CT molecular complexity index is 807. The van der Waals surface area contributed by atoms with Gasteiger partial charge in [0, 0.05) is 18.4 Å². The minimum atomic E-state index is -0.934. The van der Waals surface area contributed by atoms with Gasteiger partial charge in [0.25, 0.3) is 5.91 Å². The highest BCUT2D eigenvalue weighted by molar-refractivity contribution is 5.98. The minimum Gasteiger partial charge on any atom is -0.481 e. The Morgan fingerprint density at radius 1 is 0.889 bits per heavy atom. The number of ether oxygens (including phenoxy) is 1. The van der Waals surface area contributed by atoms with Crippen LogP contribution in [0, 0.1) is 11.6 Å². The number of ketones is 1. The molecule has 0 aliphatic carbocycles. The molecule has 0 fully saturated rings. The standard InChI is InChI=1S/C19H18F2N2O4/c1-12(27-16-8-6-15(21)7-9-16)19(26)23-22-18(25)11-10-17(24)13-2-4-14(20)5-3-13/h2-9,12H,10-11H2,1H3,(H,22,25)(H,23,26). The van der Waals surface area contributed by atoms with Crippen molar-refractivity contribution in [1.29, 1.82) is 0 Å². The van der Waals surface area contributed by atoms with E-state index < -0.39 is 29.6 Å². The van der Waals surface area contributed by atoms with Crippen molar-refractivity contribution >= 4 is 17.6 Å². The zero-order valence-corrected chi connectivity index (χ0v) is 14.5. The van der Waals surface area contributed by atoms with Crippen LogP contribution in [0.25, 0.3) is 0 Å². The third-order valence-electron chi connectivity index (χ3n) is 3.57. The molecule has 2 aromatic rings. The van der Waals surface area contributed by atoms with E-state index in [1.54, 1.807) is 0 Å². The first kappa shape index (κ1) is 20.0. The van der Waals surface area contributed by atoms with Crippen molar-refractivity contribution in [3.05, 3.63) is 65.7 Å². The maximum absolute atomic E-state index is 12.8. The van der Waals surface area contributed by atoms with Crippen LogP contribution in [0.1, 0.15) is 30.1 Å². The topological polar surface area (TPSA) is 84.5 Å². The van der Waals surface area contributed by atoms with Crippen LogP contribution in [0.3, 0.4) is 0 Å². The number of hydrogen-bond donors (Lipinski definition) is 2. The van der Waals surface area contributed by atoms with E-state index in [1.165, 1.54) is 43.3 Å². The molecule has 0 saturated heterocycles. The maximum Gasteiger partial charge on any atom is 0.279 e. The van der Waals surface area contributed by atoms with Crippen LogP contribution in [0.2, 0.25) is 0 Å². The van der Waals surface area contributed by atoms with Crippen molar-refractivity contribution in [1.82, 2.24) is 10.9 Å². The lowest BCUT2D eigenvalue weighted by atomic mass is 10.1. The van der Waals surface area contributed by atoms with Crippen LogP contribution in [-0.4, -0.2) is 23.7 Å². The number of rotatable bonds is 7. The van der Waals surface area contributed by atoms with Crippen LogP contribution >= 0.6 is 0 Å². The first-order chi connectivity index (χ1) is 12.8. The summed E-state index contributed by atoms with van der Waals surface area (Å²) in [4.78, 5) is 35.5. The van der Waals surface area contributed by atoms with E-state index in [4.69, 9.17) is 4.74 Å². The van der Waals surface area contributed by atoms with Gasteiger partial charge >= 0.3 is 0 Å². The number of benzene rings is 2. The lowest BCUT2D eigenvalue weighted by Crippen LogP contribution is -2.47. The molecule has 0 aliphatic rings. The minimum absolute atomic E-state index is 0.0883. The molecule has 142 valence electrons. The second-order valence-corrected chi connectivity index (χ2v) is 5.68. The molecule has 0 aromatic heterocycles. The Labute approximate surface area is 154 Å². The number of hydrogen-bond acceptors (Lipinski definition) is 4. The van der Waals surface area contributed by atoms with E-state index in [9.17, 15) is 23.2 Å². The summed E-state index contributed by atoms with van der Waals surface area (Å²) in [6.45, 7) is 1.46. The first-order valence-corrected chi connectivity index (χ1v) is 8.15. The SMILES string of the molecule is CC(Oc1ccc(F)cc1)C(=O)NNC(=O)CCC(=O)c1ccc(F)cc1. The number of nitrogens with one attached hydrogen (secondary N) is 2. The summed E-state index contributed by atoms with van der Waals surface area (Å²) in [5.41, 5.74) is 4.67. The molecule has 27 heavy (non-hydrogen) atoms.